The molecule has 0 amide bonds. The maximum absolute atomic E-state index is 12.3. The molecule has 3 heteroatoms. The van der Waals surface area contributed by atoms with E-state index in [4.69, 9.17) is 11.5 Å². The second-order valence-electron chi connectivity index (χ2n) is 4.25. The third-order valence-corrected chi connectivity index (χ3v) is 3.27. The highest BCUT2D eigenvalue weighted by Crippen LogP contribution is 2.33. The molecule has 0 bridgehead atoms. The number of nitrogen functional groups attached to an aromatic ring is 2. The van der Waals surface area contributed by atoms with Crippen molar-refractivity contribution >= 4 is 17.2 Å². The van der Waals surface area contributed by atoms with Crippen molar-refractivity contribution in [1.29, 1.82) is 0 Å². The molecule has 3 nitrogen and oxygen atoms in total. The molecule has 0 radical (unpaired) electrons. The monoisotopic (exact) mass is 224 g/mol. The van der Waals surface area contributed by atoms with Gasteiger partial charge in [0.2, 0.25) is 0 Å². The smallest absolute Gasteiger partial charge is 0.193 e. The van der Waals surface area contributed by atoms with Gasteiger partial charge < -0.3 is 11.5 Å². The maximum Gasteiger partial charge on any atom is 0.193 e. The minimum Gasteiger partial charge on any atom is -0.398 e. The highest BCUT2D eigenvalue weighted by atomic mass is 16.1. The van der Waals surface area contributed by atoms with Crippen molar-refractivity contribution in [2.75, 3.05) is 11.5 Å². The van der Waals surface area contributed by atoms with Gasteiger partial charge in [-0.3, -0.25) is 4.79 Å². The summed E-state index contributed by atoms with van der Waals surface area (Å²) < 4.78 is 0. The van der Waals surface area contributed by atoms with E-state index in [-0.39, 0.29) is 5.78 Å². The molecule has 0 fully saturated rings. The number of fused-ring (bicyclic) bond motifs is 2. The van der Waals surface area contributed by atoms with E-state index in [2.05, 4.69) is 0 Å². The van der Waals surface area contributed by atoms with E-state index in [1.807, 2.05) is 36.4 Å². The van der Waals surface area contributed by atoms with Gasteiger partial charge in [0.25, 0.3) is 0 Å². The fourth-order valence-corrected chi connectivity index (χ4v) is 2.35. The van der Waals surface area contributed by atoms with Gasteiger partial charge in [-0.15, -0.1) is 0 Å². The van der Waals surface area contributed by atoms with Crippen LogP contribution in [0, 0.1) is 0 Å². The summed E-state index contributed by atoms with van der Waals surface area (Å²) in [5.41, 5.74) is 16.3. The summed E-state index contributed by atoms with van der Waals surface area (Å²) in [5.74, 6) is 0.0147. The highest BCUT2D eigenvalue weighted by Gasteiger charge is 2.25. The van der Waals surface area contributed by atoms with Crippen LogP contribution in [-0.4, -0.2) is 5.78 Å². The Morgan fingerprint density at radius 1 is 0.824 bits per heavy atom. The van der Waals surface area contributed by atoms with Gasteiger partial charge in [-0.25, -0.2) is 0 Å². The molecule has 17 heavy (non-hydrogen) atoms. The Bertz CT molecular complexity index is 579. The molecular weight excluding hydrogens is 212 g/mol. The van der Waals surface area contributed by atoms with Gasteiger partial charge in [0.05, 0.1) is 0 Å². The molecule has 0 aliphatic heterocycles. The van der Waals surface area contributed by atoms with Crippen LogP contribution in [0.15, 0.2) is 36.4 Å². The number of carbonyl (C=O) groups is 1. The fraction of sp³-hybridized carbons (Fsp3) is 0.0714. The normalized spacial score (nSPS) is 13.1. The molecule has 4 N–H and O–H groups in total. The van der Waals surface area contributed by atoms with Gasteiger partial charge in [0, 0.05) is 28.9 Å². The van der Waals surface area contributed by atoms with Gasteiger partial charge in [0.15, 0.2) is 5.78 Å². The van der Waals surface area contributed by atoms with Crippen molar-refractivity contribution in [1.82, 2.24) is 0 Å². The Kier molecular flexibility index (Phi) is 1.95. The molecule has 0 spiro atoms. The second kappa shape index (κ2) is 3.35. The molecule has 84 valence electrons. The van der Waals surface area contributed by atoms with Crippen LogP contribution in [0.2, 0.25) is 0 Å². The van der Waals surface area contributed by atoms with Crippen LogP contribution in [0.1, 0.15) is 27.0 Å². The summed E-state index contributed by atoms with van der Waals surface area (Å²) in [7, 11) is 0. The van der Waals surface area contributed by atoms with Gasteiger partial charge in [-0.2, -0.15) is 0 Å². The average molecular weight is 224 g/mol. The Hall–Kier alpha value is -2.29. The summed E-state index contributed by atoms with van der Waals surface area (Å²) >= 11 is 0. The summed E-state index contributed by atoms with van der Waals surface area (Å²) in [6, 6.07) is 10.9. The molecule has 0 unspecified atom stereocenters. The molecule has 0 saturated heterocycles. The van der Waals surface area contributed by atoms with Crippen LogP contribution in [-0.2, 0) is 6.42 Å². The molecule has 0 aromatic heterocycles. The van der Waals surface area contributed by atoms with Crippen LogP contribution in [0.25, 0.3) is 0 Å². The largest absolute Gasteiger partial charge is 0.398 e. The first-order valence-corrected chi connectivity index (χ1v) is 5.48. The number of anilines is 2. The van der Waals surface area contributed by atoms with Crippen LogP contribution in [0.3, 0.4) is 0 Å². The number of nitrogens with two attached hydrogens (primary N) is 2. The minimum absolute atomic E-state index is 0.0147. The van der Waals surface area contributed by atoms with Crippen molar-refractivity contribution in [2.45, 2.75) is 6.42 Å². The Balaban J connectivity index is 2.29. The van der Waals surface area contributed by atoms with Crippen LogP contribution in [0.4, 0.5) is 11.4 Å². The predicted molar refractivity (Wildman–Crippen MR) is 67.9 cm³/mol. The first-order chi connectivity index (χ1) is 8.18. The van der Waals surface area contributed by atoms with E-state index in [0.717, 1.165) is 11.1 Å². The van der Waals surface area contributed by atoms with E-state index < -0.39 is 0 Å². The van der Waals surface area contributed by atoms with Crippen molar-refractivity contribution in [3.8, 4) is 0 Å². The number of hydrogen-bond acceptors (Lipinski definition) is 3. The standard InChI is InChI=1S/C14H12N2O/c15-12-5-1-3-8-10(12)7-11-9(14(8)17)4-2-6-13(11)16/h1-6H,7,15-16H2. The van der Waals surface area contributed by atoms with E-state index in [9.17, 15) is 4.79 Å². The lowest BCUT2D eigenvalue weighted by Gasteiger charge is -2.21. The molecule has 3 rings (SSSR count). The Morgan fingerprint density at radius 3 is 1.76 bits per heavy atom. The van der Waals surface area contributed by atoms with E-state index in [1.54, 1.807) is 0 Å². The number of rotatable bonds is 0. The molecule has 0 heterocycles. The summed E-state index contributed by atoms with van der Waals surface area (Å²) in [5, 5.41) is 0. The first kappa shape index (κ1) is 9.90. The number of ketones is 1. The lowest BCUT2D eigenvalue weighted by Crippen LogP contribution is -2.17. The van der Waals surface area contributed by atoms with Gasteiger partial charge in [0.1, 0.15) is 0 Å². The quantitative estimate of drug-likeness (QED) is 0.574. The first-order valence-electron chi connectivity index (χ1n) is 5.48. The molecule has 0 atom stereocenters. The molecule has 0 saturated carbocycles. The maximum atomic E-state index is 12.3. The minimum atomic E-state index is 0.0147. The van der Waals surface area contributed by atoms with Gasteiger partial charge >= 0.3 is 0 Å². The van der Waals surface area contributed by atoms with E-state index >= 15 is 0 Å². The fourth-order valence-electron chi connectivity index (χ4n) is 2.35. The number of benzene rings is 2. The molecular formula is C14H12N2O. The van der Waals surface area contributed by atoms with Crippen molar-refractivity contribution in [2.24, 2.45) is 0 Å². The van der Waals surface area contributed by atoms with E-state index in [1.165, 1.54) is 0 Å². The topological polar surface area (TPSA) is 69.1 Å². The van der Waals surface area contributed by atoms with Crippen LogP contribution in [0.5, 0.6) is 0 Å². The van der Waals surface area contributed by atoms with Crippen LogP contribution < -0.4 is 11.5 Å². The van der Waals surface area contributed by atoms with Gasteiger partial charge in [-0.05, 0) is 23.3 Å². The number of hydrogen-bond donors (Lipinski definition) is 2. The zero-order valence-corrected chi connectivity index (χ0v) is 9.23. The summed E-state index contributed by atoms with van der Waals surface area (Å²) in [4.78, 5) is 12.3. The Labute approximate surface area is 99.1 Å². The summed E-state index contributed by atoms with van der Waals surface area (Å²) in [6.07, 6.45) is 0.635. The highest BCUT2D eigenvalue weighted by molar-refractivity contribution is 6.13. The van der Waals surface area contributed by atoms with Crippen LogP contribution >= 0.6 is 0 Å². The van der Waals surface area contributed by atoms with Crippen molar-refractivity contribution in [3.05, 3.63) is 58.7 Å². The lowest BCUT2D eigenvalue weighted by molar-refractivity contribution is 0.103. The lowest BCUT2D eigenvalue weighted by atomic mass is 9.83. The molecule has 2 aromatic rings. The Morgan fingerprint density at radius 2 is 1.29 bits per heavy atom. The number of carbonyl (C=O) groups excluding carboxylic acids is 1. The molecule has 1 aliphatic rings. The van der Waals surface area contributed by atoms with Crippen molar-refractivity contribution in [3.63, 3.8) is 0 Å². The molecule has 2 aromatic carbocycles. The third-order valence-electron chi connectivity index (χ3n) is 3.27. The second-order valence-corrected chi connectivity index (χ2v) is 4.25. The predicted octanol–water partition coefficient (Wildman–Crippen LogP) is 1.99. The zero-order chi connectivity index (χ0) is 12.0. The van der Waals surface area contributed by atoms with E-state index in [0.29, 0.717) is 28.9 Å². The zero-order valence-electron chi connectivity index (χ0n) is 9.23. The summed E-state index contributed by atoms with van der Waals surface area (Å²) in [6.45, 7) is 0. The SMILES string of the molecule is Nc1cccc2c1Cc1c(N)cccc1C2=O. The van der Waals surface area contributed by atoms with Crippen molar-refractivity contribution < 1.29 is 4.79 Å². The average Bonchev–Trinajstić information content (AvgIpc) is 2.32. The third kappa shape index (κ3) is 1.32. The van der Waals surface area contributed by atoms with Gasteiger partial charge in [-0.1, -0.05) is 24.3 Å². The molecule has 1 aliphatic carbocycles.